The lowest BCUT2D eigenvalue weighted by Crippen LogP contribution is -2.31. The Labute approximate surface area is 159 Å². The lowest BCUT2D eigenvalue weighted by atomic mass is 10.2. The average molecular weight is 378 g/mol. The largest absolute Gasteiger partial charge is 0.467 e. The molecule has 0 saturated carbocycles. The van der Waals surface area contributed by atoms with Crippen LogP contribution in [0.5, 0.6) is 0 Å². The van der Waals surface area contributed by atoms with Gasteiger partial charge in [0.15, 0.2) is 0 Å². The summed E-state index contributed by atoms with van der Waals surface area (Å²) < 4.78 is 13.4. The van der Waals surface area contributed by atoms with Crippen molar-refractivity contribution >= 4 is 22.6 Å². The minimum absolute atomic E-state index is 0.00686. The molecule has 8 nitrogen and oxygen atoms in total. The standard InChI is InChI=1S/C20H18N4O4/c1-3-27-20(26)14-9-15-18(24(17(14)21)11-13-5-4-8-28-13)22-16-7-6-12(2)10-23(16)19(15)25/h4-10,21H,3,11H2,1-2H3. The van der Waals surface area contributed by atoms with Gasteiger partial charge in [0.2, 0.25) is 0 Å². The molecule has 4 rings (SSSR count). The molecule has 4 heterocycles. The van der Waals surface area contributed by atoms with Crippen molar-refractivity contribution in [1.82, 2.24) is 14.0 Å². The molecule has 0 aliphatic heterocycles. The summed E-state index contributed by atoms with van der Waals surface area (Å²) in [6, 6.07) is 8.48. The number of nitrogens with one attached hydrogen (secondary N) is 1. The summed E-state index contributed by atoms with van der Waals surface area (Å²) in [5.41, 5.74) is 1.27. The van der Waals surface area contributed by atoms with E-state index in [2.05, 4.69) is 4.98 Å². The number of carbonyl (C=O) groups excluding carboxylic acids is 1. The zero-order valence-electron chi connectivity index (χ0n) is 15.4. The summed E-state index contributed by atoms with van der Waals surface area (Å²) in [5.74, 6) is -0.0805. The number of ether oxygens (including phenoxy) is 1. The molecule has 4 aromatic heterocycles. The first-order valence-corrected chi connectivity index (χ1v) is 8.80. The van der Waals surface area contributed by atoms with E-state index in [0.717, 1.165) is 5.56 Å². The van der Waals surface area contributed by atoms with Crippen LogP contribution in [0.1, 0.15) is 28.6 Å². The van der Waals surface area contributed by atoms with Gasteiger partial charge in [-0.3, -0.25) is 14.6 Å². The van der Waals surface area contributed by atoms with E-state index in [1.807, 2.05) is 13.0 Å². The Morgan fingerprint density at radius 1 is 1.32 bits per heavy atom. The number of furan rings is 1. The molecule has 0 unspecified atom stereocenters. The van der Waals surface area contributed by atoms with Crippen LogP contribution >= 0.6 is 0 Å². The highest BCUT2D eigenvalue weighted by Crippen LogP contribution is 2.13. The lowest BCUT2D eigenvalue weighted by Gasteiger charge is -2.13. The van der Waals surface area contributed by atoms with Crippen LogP contribution in [-0.2, 0) is 11.3 Å². The third-order valence-corrected chi connectivity index (χ3v) is 4.44. The minimum Gasteiger partial charge on any atom is -0.467 e. The van der Waals surface area contributed by atoms with Gasteiger partial charge in [0.25, 0.3) is 5.56 Å². The van der Waals surface area contributed by atoms with Crippen LogP contribution in [0.3, 0.4) is 0 Å². The third kappa shape index (κ3) is 2.88. The van der Waals surface area contributed by atoms with E-state index in [4.69, 9.17) is 14.6 Å². The van der Waals surface area contributed by atoms with E-state index >= 15 is 0 Å². The number of fused-ring (bicyclic) bond motifs is 2. The van der Waals surface area contributed by atoms with Gasteiger partial charge < -0.3 is 13.7 Å². The van der Waals surface area contributed by atoms with Gasteiger partial charge in [-0.05, 0) is 43.7 Å². The van der Waals surface area contributed by atoms with Gasteiger partial charge in [-0.1, -0.05) is 6.07 Å². The van der Waals surface area contributed by atoms with Crippen LogP contribution in [-0.4, -0.2) is 26.5 Å². The molecule has 142 valence electrons. The molecule has 0 aliphatic rings. The smallest absolute Gasteiger partial charge is 0.341 e. The fraction of sp³-hybridized carbons (Fsp3) is 0.200. The molecule has 0 aliphatic carbocycles. The first-order chi connectivity index (χ1) is 13.5. The fourth-order valence-electron chi connectivity index (χ4n) is 3.12. The maximum absolute atomic E-state index is 13.1. The Balaban J connectivity index is 2.10. The van der Waals surface area contributed by atoms with Crippen molar-refractivity contribution in [2.24, 2.45) is 0 Å². The van der Waals surface area contributed by atoms with Gasteiger partial charge >= 0.3 is 5.97 Å². The number of pyridine rings is 2. The van der Waals surface area contributed by atoms with E-state index < -0.39 is 5.97 Å². The molecular weight excluding hydrogens is 360 g/mol. The van der Waals surface area contributed by atoms with Gasteiger partial charge in [-0.15, -0.1) is 0 Å². The molecule has 8 heteroatoms. The molecular formula is C20H18N4O4. The van der Waals surface area contributed by atoms with Crippen molar-refractivity contribution in [3.05, 3.63) is 75.5 Å². The molecule has 4 aromatic rings. The van der Waals surface area contributed by atoms with Gasteiger partial charge in [-0.25, -0.2) is 9.78 Å². The van der Waals surface area contributed by atoms with Gasteiger partial charge in [0.1, 0.15) is 28.1 Å². The number of aryl methyl sites for hydroxylation is 1. The van der Waals surface area contributed by atoms with Crippen LogP contribution in [0.25, 0.3) is 16.7 Å². The molecule has 0 saturated heterocycles. The lowest BCUT2D eigenvalue weighted by molar-refractivity contribution is 0.0523. The van der Waals surface area contributed by atoms with Crippen LogP contribution in [0.2, 0.25) is 0 Å². The van der Waals surface area contributed by atoms with Crippen molar-refractivity contribution < 1.29 is 13.9 Å². The predicted molar refractivity (Wildman–Crippen MR) is 101 cm³/mol. The SMILES string of the molecule is CCOC(=O)c1cc2c(=O)n3cc(C)ccc3nc2n(Cc2ccco2)c1=N. The summed E-state index contributed by atoms with van der Waals surface area (Å²) in [7, 11) is 0. The number of aromatic nitrogens is 3. The summed E-state index contributed by atoms with van der Waals surface area (Å²) in [4.78, 5) is 30.1. The maximum atomic E-state index is 13.1. The molecule has 0 bridgehead atoms. The van der Waals surface area contributed by atoms with Crippen LogP contribution in [0.4, 0.5) is 0 Å². The third-order valence-electron chi connectivity index (χ3n) is 4.44. The molecule has 0 spiro atoms. The molecule has 0 fully saturated rings. The number of esters is 1. The Morgan fingerprint density at radius 2 is 2.14 bits per heavy atom. The highest BCUT2D eigenvalue weighted by atomic mass is 16.5. The first-order valence-electron chi connectivity index (χ1n) is 8.80. The average Bonchev–Trinajstić information content (AvgIpc) is 3.18. The Kier molecular flexibility index (Phi) is 4.31. The van der Waals surface area contributed by atoms with E-state index in [-0.39, 0.29) is 35.1 Å². The Bertz CT molecular complexity index is 1320. The second-order valence-corrected chi connectivity index (χ2v) is 6.38. The number of hydrogen-bond donors (Lipinski definition) is 1. The first kappa shape index (κ1) is 17.7. The van der Waals surface area contributed by atoms with Crippen LogP contribution < -0.4 is 11.0 Å². The predicted octanol–water partition coefficient (Wildman–Crippen LogP) is 2.26. The van der Waals surface area contributed by atoms with E-state index in [1.165, 1.54) is 21.3 Å². The number of rotatable bonds is 4. The molecule has 0 amide bonds. The molecule has 0 atom stereocenters. The van der Waals surface area contributed by atoms with Gasteiger partial charge in [-0.2, -0.15) is 0 Å². The van der Waals surface area contributed by atoms with Crippen molar-refractivity contribution in [2.75, 3.05) is 6.61 Å². The zero-order chi connectivity index (χ0) is 19.8. The van der Waals surface area contributed by atoms with Gasteiger partial charge in [0.05, 0.1) is 24.8 Å². The van der Waals surface area contributed by atoms with Crippen LogP contribution in [0.15, 0.2) is 52.0 Å². The summed E-state index contributed by atoms with van der Waals surface area (Å²) in [6.07, 6.45) is 3.22. The Hall–Kier alpha value is -3.68. The van der Waals surface area contributed by atoms with Crippen molar-refractivity contribution in [1.29, 1.82) is 5.41 Å². The van der Waals surface area contributed by atoms with Gasteiger partial charge in [0, 0.05) is 6.20 Å². The highest BCUT2D eigenvalue weighted by molar-refractivity contribution is 5.93. The fourth-order valence-corrected chi connectivity index (χ4v) is 3.12. The second kappa shape index (κ2) is 6.80. The monoisotopic (exact) mass is 378 g/mol. The van der Waals surface area contributed by atoms with Crippen LogP contribution in [0, 0.1) is 12.3 Å². The summed E-state index contributed by atoms with van der Waals surface area (Å²) in [6.45, 7) is 3.89. The summed E-state index contributed by atoms with van der Waals surface area (Å²) >= 11 is 0. The molecule has 1 N–H and O–H groups in total. The minimum atomic E-state index is -0.656. The molecule has 0 radical (unpaired) electrons. The van der Waals surface area contributed by atoms with E-state index in [1.54, 1.807) is 31.3 Å². The maximum Gasteiger partial charge on any atom is 0.341 e. The topological polar surface area (TPSA) is 103 Å². The highest BCUT2D eigenvalue weighted by Gasteiger charge is 2.19. The second-order valence-electron chi connectivity index (χ2n) is 6.38. The number of nitrogens with zero attached hydrogens (tertiary/aromatic N) is 3. The normalized spacial score (nSPS) is 11.2. The van der Waals surface area contributed by atoms with Crippen molar-refractivity contribution in [3.63, 3.8) is 0 Å². The quantitative estimate of drug-likeness (QED) is 0.433. The number of carbonyl (C=O) groups is 1. The van der Waals surface area contributed by atoms with E-state index in [9.17, 15) is 9.59 Å². The summed E-state index contributed by atoms with van der Waals surface area (Å²) in [5, 5.41) is 8.75. The van der Waals surface area contributed by atoms with Crippen molar-refractivity contribution in [3.8, 4) is 0 Å². The Morgan fingerprint density at radius 3 is 2.86 bits per heavy atom. The van der Waals surface area contributed by atoms with Crippen molar-refractivity contribution in [2.45, 2.75) is 20.4 Å². The zero-order valence-corrected chi connectivity index (χ0v) is 15.4. The molecule has 0 aromatic carbocycles. The number of hydrogen-bond acceptors (Lipinski definition) is 6. The van der Waals surface area contributed by atoms with E-state index in [0.29, 0.717) is 17.1 Å². The molecule has 28 heavy (non-hydrogen) atoms.